The number of halogens is 3. The summed E-state index contributed by atoms with van der Waals surface area (Å²) in [5.41, 5.74) is 5.12. The van der Waals surface area contributed by atoms with Gasteiger partial charge in [-0.05, 0) is 24.1 Å². The average Bonchev–Trinajstić information content (AvgIpc) is 2.28. The van der Waals surface area contributed by atoms with Crippen molar-refractivity contribution in [3.63, 3.8) is 0 Å². The van der Waals surface area contributed by atoms with Gasteiger partial charge in [0.1, 0.15) is 11.8 Å². The molecule has 0 aromatic heterocycles. The van der Waals surface area contributed by atoms with Gasteiger partial charge in [-0.1, -0.05) is 25.5 Å². The van der Waals surface area contributed by atoms with E-state index in [-0.39, 0.29) is 5.56 Å². The minimum Gasteiger partial charge on any atom is -0.494 e. The van der Waals surface area contributed by atoms with Gasteiger partial charge in [0.05, 0.1) is 6.61 Å². The van der Waals surface area contributed by atoms with Crippen molar-refractivity contribution in [1.29, 1.82) is 0 Å². The molecule has 0 aliphatic carbocycles. The van der Waals surface area contributed by atoms with Crippen LogP contribution in [0.4, 0.5) is 13.2 Å². The maximum atomic E-state index is 12.3. The van der Waals surface area contributed by atoms with Crippen LogP contribution in [0.1, 0.15) is 31.4 Å². The summed E-state index contributed by atoms with van der Waals surface area (Å²) in [5.74, 6) is 0.566. The van der Waals surface area contributed by atoms with Crippen molar-refractivity contribution in [2.24, 2.45) is 5.73 Å². The quantitative estimate of drug-likeness (QED) is 0.809. The van der Waals surface area contributed by atoms with Gasteiger partial charge in [-0.15, -0.1) is 0 Å². The summed E-state index contributed by atoms with van der Waals surface area (Å²) < 4.78 is 42.3. The van der Waals surface area contributed by atoms with Crippen molar-refractivity contribution < 1.29 is 17.9 Å². The van der Waals surface area contributed by atoms with E-state index in [1.165, 1.54) is 24.3 Å². The molecule has 0 unspecified atom stereocenters. The van der Waals surface area contributed by atoms with Gasteiger partial charge < -0.3 is 10.5 Å². The van der Waals surface area contributed by atoms with Crippen LogP contribution in [0, 0.1) is 0 Å². The standard InChI is InChI=1S/C12H16F3NO/c1-2-3-8-17-10-6-4-9(5-7-10)11(16)12(13,14)15/h4-7,11H,2-3,8,16H2,1H3/t11-/m0/s1. The minimum absolute atomic E-state index is 0.0420. The summed E-state index contributed by atoms with van der Waals surface area (Å²) >= 11 is 0. The molecule has 2 N–H and O–H groups in total. The zero-order chi connectivity index (χ0) is 12.9. The van der Waals surface area contributed by atoms with Crippen LogP contribution < -0.4 is 10.5 Å². The van der Waals surface area contributed by atoms with E-state index in [1.807, 2.05) is 6.92 Å². The Balaban J connectivity index is 2.61. The second-order valence-corrected chi connectivity index (χ2v) is 3.79. The molecule has 0 bridgehead atoms. The highest BCUT2D eigenvalue weighted by atomic mass is 19.4. The number of benzene rings is 1. The third kappa shape index (κ3) is 4.26. The molecule has 0 amide bonds. The lowest BCUT2D eigenvalue weighted by molar-refractivity contribution is -0.149. The van der Waals surface area contributed by atoms with E-state index >= 15 is 0 Å². The molecule has 0 aliphatic rings. The molecule has 1 atom stereocenters. The molecule has 0 saturated carbocycles. The van der Waals surface area contributed by atoms with Crippen LogP contribution in [0.15, 0.2) is 24.3 Å². The lowest BCUT2D eigenvalue weighted by Gasteiger charge is -2.16. The fourth-order valence-electron chi connectivity index (χ4n) is 1.29. The van der Waals surface area contributed by atoms with Crippen LogP contribution in [0.3, 0.4) is 0 Å². The summed E-state index contributed by atoms with van der Waals surface area (Å²) in [6.45, 7) is 2.61. The highest BCUT2D eigenvalue weighted by Crippen LogP contribution is 2.31. The third-order valence-electron chi connectivity index (χ3n) is 2.36. The number of nitrogens with two attached hydrogens (primary N) is 1. The Kier molecular flexibility index (Phi) is 4.81. The maximum Gasteiger partial charge on any atom is 0.407 e. The molecule has 1 aromatic carbocycles. The SMILES string of the molecule is CCCCOc1ccc([C@H](N)C(F)(F)F)cc1. The third-order valence-corrected chi connectivity index (χ3v) is 2.36. The number of hydrogen-bond acceptors (Lipinski definition) is 2. The normalized spacial score (nSPS) is 13.5. The van der Waals surface area contributed by atoms with Crippen LogP contribution in [-0.2, 0) is 0 Å². The topological polar surface area (TPSA) is 35.2 Å². The molecule has 0 radical (unpaired) electrons. The first-order valence-electron chi connectivity index (χ1n) is 5.50. The lowest BCUT2D eigenvalue weighted by atomic mass is 10.1. The molecule has 1 rings (SSSR count). The Bertz CT molecular complexity index is 335. The summed E-state index contributed by atoms with van der Waals surface area (Å²) in [7, 11) is 0. The molecular formula is C12H16F3NO. The van der Waals surface area contributed by atoms with Gasteiger partial charge >= 0.3 is 6.18 Å². The van der Waals surface area contributed by atoms with Crippen molar-refractivity contribution in [2.45, 2.75) is 32.0 Å². The minimum atomic E-state index is -4.41. The molecule has 0 saturated heterocycles. The van der Waals surface area contributed by atoms with Crippen LogP contribution in [0.5, 0.6) is 5.75 Å². The number of alkyl halides is 3. The Morgan fingerprint density at radius 3 is 2.29 bits per heavy atom. The van der Waals surface area contributed by atoms with Crippen molar-refractivity contribution in [1.82, 2.24) is 0 Å². The number of ether oxygens (including phenoxy) is 1. The van der Waals surface area contributed by atoms with Gasteiger partial charge in [0.15, 0.2) is 0 Å². The molecule has 96 valence electrons. The number of hydrogen-bond donors (Lipinski definition) is 1. The Hall–Kier alpha value is -1.23. The van der Waals surface area contributed by atoms with Gasteiger partial charge in [-0.2, -0.15) is 13.2 Å². The second-order valence-electron chi connectivity index (χ2n) is 3.79. The van der Waals surface area contributed by atoms with E-state index < -0.39 is 12.2 Å². The van der Waals surface area contributed by atoms with Gasteiger partial charge in [-0.25, -0.2) is 0 Å². The predicted molar refractivity (Wildman–Crippen MR) is 59.8 cm³/mol. The first kappa shape index (κ1) is 13.8. The highest BCUT2D eigenvalue weighted by Gasteiger charge is 2.37. The van der Waals surface area contributed by atoms with E-state index in [1.54, 1.807) is 0 Å². The predicted octanol–water partition coefficient (Wildman–Crippen LogP) is 3.43. The molecule has 0 heterocycles. The van der Waals surface area contributed by atoms with E-state index in [2.05, 4.69) is 0 Å². The highest BCUT2D eigenvalue weighted by molar-refractivity contribution is 5.29. The molecule has 5 heteroatoms. The second kappa shape index (κ2) is 5.91. The molecular weight excluding hydrogens is 231 g/mol. The van der Waals surface area contributed by atoms with Crippen LogP contribution in [0.2, 0.25) is 0 Å². The number of unbranched alkanes of at least 4 members (excludes halogenated alkanes) is 1. The maximum absolute atomic E-state index is 12.3. The molecule has 0 aliphatic heterocycles. The first-order chi connectivity index (χ1) is 7.95. The summed E-state index contributed by atoms with van der Waals surface area (Å²) in [4.78, 5) is 0. The summed E-state index contributed by atoms with van der Waals surface area (Å²) in [5, 5.41) is 0. The molecule has 0 spiro atoms. The lowest BCUT2D eigenvalue weighted by Crippen LogP contribution is -2.28. The Labute approximate surface area is 98.6 Å². The van der Waals surface area contributed by atoms with Crippen LogP contribution >= 0.6 is 0 Å². The Morgan fingerprint density at radius 1 is 1.24 bits per heavy atom. The molecule has 17 heavy (non-hydrogen) atoms. The zero-order valence-electron chi connectivity index (χ0n) is 9.63. The Morgan fingerprint density at radius 2 is 1.82 bits per heavy atom. The average molecular weight is 247 g/mol. The van der Waals surface area contributed by atoms with Crippen LogP contribution in [0.25, 0.3) is 0 Å². The fraction of sp³-hybridized carbons (Fsp3) is 0.500. The largest absolute Gasteiger partial charge is 0.494 e. The molecule has 1 aromatic rings. The van der Waals surface area contributed by atoms with Crippen molar-refractivity contribution in [2.75, 3.05) is 6.61 Å². The van der Waals surface area contributed by atoms with Gasteiger partial charge in [0.2, 0.25) is 0 Å². The zero-order valence-corrected chi connectivity index (χ0v) is 9.63. The smallest absolute Gasteiger partial charge is 0.407 e. The number of rotatable bonds is 5. The van der Waals surface area contributed by atoms with Crippen molar-refractivity contribution in [3.8, 4) is 5.75 Å². The molecule has 0 fully saturated rings. The van der Waals surface area contributed by atoms with Gasteiger partial charge in [0, 0.05) is 0 Å². The monoisotopic (exact) mass is 247 g/mol. The van der Waals surface area contributed by atoms with E-state index in [0.29, 0.717) is 12.4 Å². The van der Waals surface area contributed by atoms with E-state index in [0.717, 1.165) is 12.8 Å². The fourth-order valence-corrected chi connectivity index (χ4v) is 1.29. The van der Waals surface area contributed by atoms with Crippen molar-refractivity contribution >= 4 is 0 Å². The molecule has 2 nitrogen and oxygen atoms in total. The van der Waals surface area contributed by atoms with Gasteiger partial charge in [-0.3, -0.25) is 0 Å². The van der Waals surface area contributed by atoms with E-state index in [4.69, 9.17) is 10.5 Å². The van der Waals surface area contributed by atoms with Crippen molar-refractivity contribution in [3.05, 3.63) is 29.8 Å². The van der Waals surface area contributed by atoms with E-state index in [9.17, 15) is 13.2 Å². The van der Waals surface area contributed by atoms with Crippen LogP contribution in [-0.4, -0.2) is 12.8 Å². The first-order valence-corrected chi connectivity index (χ1v) is 5.50. The van der Waals surface area contributed by atoms with Gasteiger partial charge in [0.25, 0.3) is 0 Å². The summed E-state index contributed by atoms with van der Waals surface area (Å²) in [6, 6.07) is 3.78. The summed E-state index contributed by atoms with van der Waals surface area (Å²) in [6.07, 6.45) is -2.48.